The molecule has 422 valence electrons. The SMILES string of the molecule is c1ccc([Si](c2ccccc2)(c2cccc(-n3c4ccccc4c4ccccc43)c2)c2cccc(-n3c4ccccc4c4cc(-n5c6ccccc6c6c([Si](c7ccccc7)(c7ccccc7)c7ccc8oc9ccccc9c8c7)cccc65)ccc43)c2)cc1. The molecule has 0 aliphatic carbocycles. The van der Waals surface area contributed by atoms with Gasteiger partial charge in [-0.2, -0.15) is 0 Å². The summed E-state index contributed by atoms with van der Waals surface area (Å²) in [5, 5.41) is 20.3. The topological polar surface area (TPSA) is 27.9 Å². The summed E-state index contributed by atoms with van der Waals surface area (Å²) in [6.07, 6.45) is 0. The van der Waals surface area contributed by atoms with Crippen molar-refractivity contribution in [3.05, 3.63) is 346 Å². The Labute approximate surface area is 522 Å². The number of hydrogen-bond acceptors (Lipinski definition) is 1. The lowest BCUT2D eigenvalue weighted by Gasteiger charge is -2.35. The third kappa shape index (κ3) is 7.65. The summed E-state index contributed by atoms with van der Waals surface area (Å²) in [6, 6.07) is 130. The average Bonchev–Trinajstić information content (AvgIpc) is 1.30. The van der Waals surface area contributed by atoms with E-state index >= 15 is 0 Å². The van der Waals surface area contributed by atoms with Gasteiger partial charge in [-0.25, -0.2) is 0 Å². The van der Waals surface area contributed by atoms with Crippen molar-refractivity contribution in [2.45, 2.75) is 0 Å². The smallest absolute Gasteiger partial charge is 0.180 e. The predicted molar refractivity (Wildman–Crippen MR) is 384 cm³/mol. The van der Waals surface area contributed by atoms with Gasteiger partial charge in [0, 0.05) is 60.2 Å². The van der Waals surface area contributed by atoms with E-state index in [0.717, 1.165) is 50.0 Å². The van der Waals surface area contributed by atoms with Crippen molar-refractivity contribution in [3.8, 4) is 17.1 Å². The summed E-state index contributed by atoms with van der Waals surface area (Å²) in [7, 11) is -6.23. The van der Waals surface area contributed by atoms with E-state index in [1.165, 1.54) is 95.9 Å². The van der Waals surface area contributed by atoms with Crippen LogP contribution in [0.1, 0.15) is 0 Å². The molecule has 0 bridgehead atoms. The van der Waals surface area contributed by atoms with E-state index < -0.39 is 16.1 Å². The Morgan fingerprint density at radius 2 is 0.567 bits per heavy atom. The molecule has 14 aromatic carbocycles. The molecule has 0 N–H and O–H groups in total. The Kier molecular flexibility index (Phi) is 11.9. The Morgan fingerprint density at radius 3 is 1.11 bits per heavy atom. The Balaban J connectivity index is 0.846. The molecule has 0 fully saturated rings. The quantitative estimate of drug-likeness (QED) is 0.0937. The summed E-state index contributed by atoms with van der Waals surface area (Å²) in [4.78, 5) is 0. The average molecular weight is 1180 g/mol. The standard InChI is InChI=1S/C84H57N3OSi2/c1-5-28-61(29-6-1)89(62-30-7-2-8-31-62,65-36-23-26-58(54-65)85-75-43-18-13-38-68(75)69-39-14-19-44-76(69)85)66-37-24-27-59(55-66)86-77-45-20-15-40-70(77)73-56-60(50-52-79(73)86)87-78-46-21-16-42-72(78)84-80(87)47-25-49-83(84)90(63-32-9-3-10-33-63,64-34-11-4-12-35-64)67-51-53-82-74(57-67)71-41-17-22-48-81(71)88-82/h1-57H. The van der Waals surface area contributed by atoms with Crippen LogP contribution in [0.2, 0.25) is 0 Å². The first-order valence-electron chi connectivity index (χ1n) is 31.1. The van der Waals surface area contributed by atoms with E-state index in [1.54, 1.807) is 0 Å². The molecule has 4 aromatic heterocycles. The van der Waals surface area contributed by atoms with Crippen molar-refractivity contribution in [2.24, 2.45) is 0 Å². The van der Waals surface area contributed by atoms with Crippen molar-refractivity contribution in [2.75, 3.05) is 0 Å². The monoisotopic (exact) mass is 1180 g/mol. The van der Waals surface area contributed by atoms with Crippen LogP contribution in [-0.4, -0.2) is 29.8 Å². The zero-order valence-electron chi connectivity index (χ0n) is 49.2. The zero-order valence-corrected chi connectivity index (χ0v) is 51.2. The second-order valence-corrected chi connectivity index (χ2v) is 31.4. The third-order valence-corrected chi connectivity index (χ3v) is 28.9. The molecule has 6 heteroatoms. The molecule has 18 aromatic rings. The van der Waals surface area contributed by atoms with E-state index in [-0.39, 0.29) is 0 Å². The number of hydrogen-bond donors (Lipinski definition) is 0. The van der Waals surface area contributed by atoms with Crippen LogP contribution in [0.25, 0.3) is 104 Å². The van der Waals surface area contributed by atoms with Gasteiger partial charge in [0.1, 0.15) is 11.2 Å². The minimum absolute atomic E-state index is 0.898. The molecule has 0 atom stereocenters. The summed E-state index contributed by atoms with van der Waals surface area (Å²) in [5.74, 6) is 0. The molecule has 18 rings (SSSR count). The second-order valence-electron chi connectivity index (χ2n) is 23.8. The molecular formula is C84H57N3OSi2. The van der Waals surface area contributed by atoms with Gasteiger partial charge in [0.25, 0.3) is 0 Å². The molecule has 90 heavy (non-hydrogen) atoms. The second kappa shape index (κ2) is 20.7. The van der Waals surface area contributed by atoms with Gasteiger partial charge < -0.3 is 18.1 Å². The first-order chi connectivity index (χ1) is 44.7. The summed E-state index contributed by atoms with van der Waals surface area (Å²) in [5.41, 5.74) is 12.2. The van der Waals surface area contributed by atoms with Gasteiger partial charge in [0.05, 0.1) is 33.1 Å². The fourth-order valence-electron chi connectivity index (χ4n) is 15.6. The van der Waals surface area contributed by atoms with Crippen molar-refractivity contribution in [1.29, 1.82) is 0 Å². The van der Waals surface area contributed by atoms with E-state index in [4.69, 9.17) is 4.42 Å². The molecule has 4 nitrogen and oxygen atoms in total. The number of rotatable bonds is 11. The van der Waals surface area contributed by atoms with Crippen LogP contribution >= 0.6 is 0 Å². The Morgan fingerprint density at radius 1 is 0.200 bits per heavy atom. The van der Waals surface area contributed by atoms with E-state index in [2.05, 4.69) is 359 Å². The Hall–Kier alpha value is -11.3. The minimum Gasteiger partial charge on any atom is -0.456 e. The highest BCUT2D eigenvalue weighted by molar-refractivity contribution is 7.21. The molecule has 0 amide bonds. The highest BCUT2D eigenvalue weighted by atomic mass is 28.3. The van der Waals surface area contributed by atoms with Crippen LogP contribution in [0, 0.1) is 0 Å². The highest BCUT2D eigenvalue weighted by Gasteiger charge is 2.45. The fraction of sp³-hybridized carbons (Fsp3) is 0. The highest BCUT2D eigenvalue weighted by Crippen LogP contribution is 2.39. The molecule has 0 saturated carbocycles. The van der Waals surface area contributed by atoms with Crippen LogP contribution in [0.4, 0.5) is 0 Å². The molecule has 0 saturated heterocycles. The fourth-order valence-corrected chi connectivity index (χ4v) is 25.4. The molecule has 0 unspecified atom stereocenters. The number of nitrogens with zero attached hydrogens (tertiary/aromatic N) is 3. The van der Waals surface area contributed by atoms with Gasteiger partial charge in [0.2, 0.25) is 0 Å². The van der Waals surface area contributed by atoms with E-state index in [1.807, 2.05) is 0 Å². The van der Waals surface area contributed by atoms with Gasteiger partial charge in [-0.05, 0) is 126 Å². The molecular weight excluding hydrogens is 1120 g/mol. The van der Waals surface area contributed by atoms with Crippen LogP contribution in [0.15, 0.2) is 350 Å². The maximum atomic E-state index is 6.52. The minimum atomic E-state index is -3.14. The first kappa shape index (κ1) is 51.9. The molecule has 0 spiro atoms. The van der Waals surface area contributed by atoms with Crippen molar-refractivity contribution in [3.63, 3.8) is 0 Å². The molecule has 0 radical (unpaired) electrons. The lowest BCUT2D eigenvalue weighted by Crippen LogP contribution is -2.74. The number of furan rings is 1. The van der Waals surface area contributed by atoms with Gasteiger partial charge in [0.15, 0.2) is 16.1 Å². The molecule has 4 heterocycles. The van der Waals surface area contributed by atoms with Crippen molar-refractivity contribution < 1.29 is 4.42 Å². The molecule has 0 aliphatic heterocycles. The van der Waals surface area contributed by atoms with Gasteiger partial charge in [-0.15, -0.1) is 0 Å². The molecule has 0 aliphatic rings. The van der Waals surface area contributed by atoms with Crippen LogP contribution in [-0.2, 0) is 0 Å². The van der Waals surface area contributed by atoms with Crippen molar-refractivity contribution in [1.82, 2.24) is 13.7 Å². The zero-order chi connectivity index (χ0) is 59.3. The summed E-state index contributed by atoms with van der Waals surface area (Å²) in [6.45, 7) is 0. The van der Waals surface area contributed by atoms with Gasteiger partial charge >= 0.3 is 0 Å². The third-order valence-electron chi connectivity index (χ3n) is 19.3. The van der Waals surface area contributed by atoms with E-state index in [0.29, 0.717) is 0 Å². The predicted octanol–water partition coefficient (Wildman–Crippen LogP) is 15.6. The van der Waals surface area contributed by atoms with Crippen LogP contribution in [0.3, 0.4) is 0 Å². The number of aromatic nitrogens is 3. The number of fused-ring (bicyclic) bond motifs is 12. The first-order valence-corrected chi connectivity index (χ1v) is 35.1. The summed E-state index contributed by atoms with van der Waals surface area (Å²) < 4.78 is 14.0. The van der Waals surface area contributed by atoms with E-state index in [9.17, 15) is 0 Å². The lowest BCUT2D eigenvalue weighted by atomic mass is 10.1. The maximum Gasteiger partial charge on any atom is 0.180 e. The van der Waals surface area contributed by atoms with Crippen LogP contribution < -0.4 is 41.5 Å². The lowest BCUT2D eigenvalue weighted by molar-refractivity contribution is 0.669. The van der Waals surface area contributed by atoms with Gasteiger partial charge in [-0.1, -0.05) is 261 Å². The van der Waals surface area contributed by atoms with Crippen molar-refractivity contribution >= 4 is 145 Å². The largest absolute Gasteiger partial charge is 0.456 e. The normalized spacial score (nSPS) is 12.2. The Bertz CT molecular complexity index is 5670. The summed E-state index contributed by atoms with van der Waals surface area (Å²) >= 11 is 0. The number of para-hydroxylation sites is 5. The van der Waals surface area contributed by atoms with Crippen LogP contribution in [0.5, 0.6) is 0 Å². The maximum absolute atomic E-state index is 6.52. The van der Waals surface area contributed by atoms with Gasteiger partial charge in [-0.3, -0.25) is 0 Å². The number of benzene rings is 14.